The van der Waals surface area contributed by atoms with Crippen molar-refractivity contribution in [1.29, 1.82) is 0 Å². The highest BCUT2D eigenvalue weighted by Crippen LogP contribution is 2.28. The van der Waals surface area contributed by atoms with Crippen molar-refractivity contribution in [3.8, 4) is 0 Å². The Hall–Kier alpha value is -0.930. The summed E-state index contributed by atoms with van der Waals surface area (Å²) in [6, 6.07) is 3.88. The number of carbonyl (C=O) groups is 1. The minimum Gasteiger partial charge on any atom is -0.375 e. The van der Waals surface area contributed by atoms with Crippen molar-refractivity contribution in [2.45, 2.75) is 51.5 Å². The first-order valence-electron chi connectivity index (χ1n) is 7.55. The Morgan fingerprint density at radius 3 is 2.48 bits per heavy atom. The lowest BCUT2D eigenvalue weighted by molar-refractivity contribution is -0.120. The molecule has 5 heteroatoms. The summed E-state index contributed by atoms with van der Waals surface area (Å²) in [6.45, 7) is 2.12. The monoisotopic (exact) mass is 328 g/mol. The van der Waals surface area contributed by atoms with Crippen LogP contribution in [0.4, 0.5) is 5.69 Å². The molecule has 2 N–H and O–H groups in total. The molecule has 0 aromatic heterocycles. The Labute approximate surface area is 136 Å². The van der Waals surface area contributed by atoms with Crippen molar-refractivity contribution >= 4 is 34.8 Å². The van der Waals surface area contributed by atoms with Crippen molar-refractivity contribution in [3.63, 3.8) is 0 Å². The molecule has 1 aliphatic carbocycles. The standard InChI is InChI=1S/C16H22Cl2N2O/c1-11-8-14(18)15(9-13(11)17)19-10-16(21)20-12-6-4-2-3-5-7-12/h8-9,12,19H,2-7,10H2,1H3,(H,20,21). The molecular formula is C16H22Cl2N2O. The quantitative estimate of drug-likeness (QED) is 0.796. The van der Waals surface area contributed by atoms with Crippen LogP contribution in [0.5, 0.6) is 0 Å². The minimum absolute atomic E-state index is 0.00895. The number of hydrogen-bond donors (Lipinski definition) is 2. The number of anilines is 1. The molecule has 1 aromatic carbocycles. The van der Waals surface area contributed by atoms with Crippen LogP contribution < -0.4 is 10.6 Å². The largest absolute Gasteiger partial charge is 0.375 e. The maximum absolute atomic E-state index is 12.0. The van der Waals surface area contributed by atoms with Crippen LogP contribution in [0.2, 0.25) is 10.0 Å². The van der Waals surface area contributed by atoms with E-state index in [-0.39, 0.29) is 12.5 Å². The molecule has 21 heavy (non-hydrogen) atoms. The van der Waals surface area contributed by atoms with Gasteiger partial charge >= 0.3 is 0 Å². The second kappa shape index (κ2) is 7.90. The number of hydrogen-bond acceptors (Lipinski definition) is 2. The van der Waals surface area contributed by atoms with Crippen molar-refractivity contribution in [2.24, 2.45) is 0 Å². The average Bonchev–Trinajstić information content (AvgIpc) is 2.70. The normalized spacial score (nSPS) is 16.3. The minimum atomic E-state index is 0.00895. The zero-order valence-electron chi connectivity index (χ0n) is 12.3. The first kappa shape index (κ1) is 16.4. The van der Waals surface area contributed by atoms with Gasteiger partial charge in [0.05, 0.1) is 17.3 Å². The highest BCUT2D eigenvalue weighted by molar-refractivity contribution is 6.35. The molecule has 1 amide bonds. The van der Waals surface area contributed by atoms with E-state index in [1.807, 2.05) is 6.92 Å². The average molecular weight is 329 g/mol. The van der Waals surface area contributed by atoms with Gasteiger partial charge in [-0.3, -0.25) is 4.79 Å². The summed E-state index contributed by atoms with van der Waals surface area (Å²) in [7, 11) is 0. The Morgan fingerprint density at radius 1 is 1.14 bits per heavy atom. The lowest BCUT2D eigenvalue weighted by Crippen LogP contribution is -2.38. The molecule has 0 spiro atoms. The van der Waals surface area contributed by atoms with Crippen LogP contribution >= 0.6 is 23.2 Å². The van der Waals surface area contributed by atoms with Crippen LogP contribution in [-0.4, -0.2) is 18.5 Å². The summed E-state index contributed by atoms with van der Waals surface area (Å²) < 4.78 is 0. The lowest BCUT2D eigenvalue weighted by Gasteiger charge is -2.17. The van der Waals surface area contributed by atoms with Crippen LogP contribution in [0.25, 0.3) is 0 Å². The van der Waals surface area contributed by atoms with Crippen molar-refractivity contribution < 1.29 is 4.79 Å². The number of aryl methyl sites for hydroxylation is 1. The second-order valence-corrected chi connectivity index (χ2v) is 6.51. The van der Waals surface area contributed by atoms with E-state index in [9.17, 15) is 4.79 Å². The van der Waals surface area contributed by atoms with Crippen LogP contribution in [0.1, 0.15) is 44.1 Å². The molecule has 1 fully saturated rings. The van der Waals surface area contributed by atoms with Crippen molar-refractivity contribution in [2.75, 3.05) is 11.9 Å². The first-order chi connectivity index (χ1) is 10.1. The number of benzene rings is 1. The Kier molecular flexibility index (Phi) is 6.19. The van der Waals surface area contributed by atoms with Gasteiger partial charge in [-0.1, -0.05) is 48.9 Å². The van der Waals surface area contributed by atoms with Crippen LogP contribution in [-0.2, 0) is 4.79 Å². The third kappa shape index (κ3) is 5.08. The molecule has 2 rings (SSSR count). The zero-order chi connectivity index (χ0) is 15.2. The molecule has 0 unspecified atom stereocenters. The Balaban J connectivity index is 1.84. The summed E-state index contributed by atoms with van der Waals surface area (Å²) in [5.41, 5.74) is 1.62. The van der Waals surface area contributed by atoms with Gasteiger partial charge in [0, 0.05) is 11.1 Å². The van der Waals surface area contributed by atoms with E-state index < -0.39 is 0 Å². The first-order valence-corrected chi connectivity index (χ1v) is 8.30. The van der Waals surface area contributed by atoms with E-state index in [0.717, 1.165) is 18.4 Å². The predicted octanol–water partition coefficient (Wildman–Crippen LogP) is 4.55. The summed E-state index contributed by atoms with van der Waals surface area (Å²) in [5.74, 6) is 0.00895. The molecule has 0 aliphatic heterocycles. The topological polar surface area (TPSA) is 41.1 Å². The SMILES string of the molecule is Cc1cc(Cl)c(NCC(=O)NC2CCCCCC2)cc1Cl. The van der Waals surface area contributed by atoms with Crippen LogP contribution in [0.15, 0.2) is 12.1 Å². The molecule has 1 aromatic rings. The molecular weight excluding hydrogens is 307 g/mol. The van der Waals surface area contributed by atoms with Gasteiger partial charge in [-0.05, 0) is 37.5 Å². The highest BCUT2D eigenvalue weighted by atomic mass is 35.5. The molecule has 0 saturated heterocycles. The number of halogens is 2. The van der Waals surface area contributed by atoms with E-state index in [1.54, 1.807) is 12.1 Å². The fourth-order valence-corrected chi connectivity index (χ4v) is 3.11. The van der Waals surface area contributed by atoms with Gasteiger partial charge in [-0.2, -0.15) is 0 Å². The van der Waals surface area contributed by atoms with E-state index in [2.05, 4.69) is 10.6 Å². The molecule has 0 atom stereocenters. The fraction of sp³-hybridized carbons (Fsp3) is 0.562. The summed E-state index contributed by atoms with van der Waals surface area (Å²) in [5, 5.41) is 7.38. The van der Waals surface area contributed by atoms with E-state index in [4.69, 9.17) is 23.2 Å². The number of rotatable bonds is 4. The number of nitrogens with one attached hydrogen (secondary N) is 2. The van der Waals surface area contributed by atoms with Crippen LogP contribution in [0, 0.1) is 6.92 Å². The molecule has 0 radical (unpaired) electrons. The third-order valence-corrected chi connectivity index (χ3v) is 4.63. The smallest absolute Gasteiger partial charge is 0.239 e. The Morgan fingerprint density at radius 2 is 1.81 bits per heavy atom. The predicted molar refractivity (Wildman–Crippen MR) is 89.3 cm³/mol. The van der Waals surface area contributed by atoms with E-state index >= 15 is 0 Å². The molecule has 1 saturated carbocycles. The number of amides is 1. The van der Waals surface area contributed by atoms with Crippen LogP contribution in [0.3, 0.4) is 0 Å². The molecule has 1 aliphatic rings. The van der Waals surface area contributed by atoms with Gasteiger partial charge in [-0.25, -0.2) is 0 Å². The fourth-order valence-electron chi connectivity index (χ4n) is 2.66. The lowest BCUT2D eigenvalue weighted by atomic mass is 10.1. The Bertz CT molecular complexity index is 497. The molecule has 0 bridgehead atoms. The summed E-state index contributed by atoms with van der Waals surface area (Å²) in [6.07, 6.45) is 7.14. The van der Waals surface area contributed by atoms with Crippen molar-refractivity contribution in [3.05, 3.63) is 27.7 Å². The van der Waals surface area contributed by atoms with E-state index in [1.165, 1.54) is 25.7 Å². The maximum Gasteiger partial charge on any atom is 0.239 e. The van der Waals surface area contributed by atoms with Gasteiger partial charge in [0.15, 0.2) is 0 Å². The van der Waals surface area contributed by atoms with Crippen molar-refractivity contribution in [1.82, 2.24) is 5.32 Å². The van der Waals surface area contributed by atoms with Gasteiger partial charge < -0.3 is 10.6 Å². The summed E-state index contributed by atoms with van der Waals surface area (Å²) in [4.78, 5) is 12.0. The second-order valence-electron chi connectivity index (χ2n) is 5.69. The van der Waals surface area contributed by atoms with Gasteiger partial charge in [-0.15, -0.1) is 0 Å². The molecule has 0 heterocycles. The highest BCUT2D eigenvalue weighted by Gasteiger charge is 2.14. The zero-order valence-corrected chi connectivity index (χ0v) is 13.9. The van der Waals surface area contributed by atoms with Gasteiger partial charge in [0.2, 0.25) is 5.91 Å². The van der Waals surface area contributed by atoms with Gasteiger partial charge in [0.25, 0.3) is 0 Å². The molecule has 3 nitrogen and oxygen atoms in total. The van der Waals surface area contributed by atoms with Gasteiger partial charge in [0.1, 0.15) is 0 Å². The van der Waals surface area contributed by atoms with E-state index in [0.29, 0.717) is 21.8 Å². The maximum atomic E-state index is 12.0. The molecule has 116 valence electrons. The number of carbonyl (C=O) groups excluding carboxylic acids is 1. The third-order valence-electron chi connectivity index (χ3n) is 3.91. The summed E-state index contributed by atoms with van der Waals surface area (Å²) >= 11 is 12.2.